The van der Waals surface area contributed by atoms with Gasteiger partial charge in [-0.1, -0.05) is 11.3 Å². The molecule has 1 amide bonds. The number of phenols is 1. The zero-order chi connectivity index (χ0) is 18.0. The summed E-state index contributed by atoms with van der Waals surface area (Å²) >= 11 is 1.27. The Kier molecular flexibility index (Phi) is 4.27. The lowest BCUT2D eigenvalue weighted by atomic mass is 10.2. The minimum Gasteiger partial charge on any atom is -0.502 e. The number of nitrogen functional groups attached to an aromatic ring is 1. The Balaban J connectivity index is 1.73. The van der Waals surface area contributed by atoms with Crippen LogP contribution in [0.4, 0.5) is 10.8 Å². The molecule has 1 heterocycles. The van der Waals surface area contributed by atoms with Gasteiger partial charge in [0.15, 0.2) is 10.9 Å². The van der Waals surface area contributed by atoms with E-state index in [1.165, 1.54) is 29.7 Å². The van der Waals surface area contributed by atoms with E-state index in [-0.39, 0.29) is 0 Å². The SMILES string of the molecule is Nc1nc2ccc(C(=O)N/N=C\c3ccc(O)c([N+](=O)[O-])c3)cc2s1. The van der Waals surface area contributed by atoms with Gasteiger partial charge in [-0.05, 0) is 30.3 Å². The van der Waals surface area contributed by atoms with E-state index >= 15 is 0 Å². The first kappa shape index (κ1) is 16.3. The van der Waals surface area contributed by atoms with E-state index in [1.54, 1.807) is 18.2 Å². The molecule has 0 bridgehead atoms. The Labute approximate surface area is 144 Å². The van der Waals surface area contributed by atoms with Crippen LogP contribution in [0.15, 0.2) is 41.5 Å². The van der Waals surface area contributed by atoms with Crippen molar-refractivity contribution in [3.63, 3.8) is 0 Å². The van der Waals surface area contributed by atoms with Gasteiger partial charge >= 0.3 is 5.69 Å². The Hall–Kier alpha value is -3.53. The number of nitro groups is 1. The van der Waals surface area contributed by atoms with Crippen LogP contribution in [0.2, 0.25) is 0 Å². The van der Waals surface area contributed by atoms with Crippen LogP contribution in [-0.4, -0.2) is 27.1 Å². The number of carbonyl (C=O) groups is 1. The minimum absolute atomic E-state index is 0.357. The second kappa shape index (κ2) is 6.53. The van der Waals surface area contributed by atoms with Crippen LogP contribution >= 0.6 is 11.3 Å². The van der Waals surface area contributed by atoms with E-state index in [0.29, 0.717) is 21.8 Å². The number of phenolic OH excluding ortho intramolecular Hbond substituents is 1. The normalized spacial score (nSPS) is 11.0. The van der Waals surface area contributed by atoms with Crippen molar-refractivity contribution in [2.24, 2.45) is 5.10 Å². The standard InChI is InChI=1S/C15H11N5O4S/c16-15-18-10-3-2-9(6-13(10)25-15)14(22)19-17-7-8-1-4-12(21)11(5-8)20(23)24/h1-7,21H,(H2,16,18)(H,19,22)/b17-7-. The lowest BCUT2D eigenvalue weighted by molar-refractivity contribution is -0.385. The molecule has 3 rings (SSSR count). The molecule has 0 unspecified atom stereocenters. The highest BCUT2D eigenvalue weighted by molar-refractivity contribution is 7.22. The summed E-state index contributed by atoms with van der Waals surface area (Å²) in [4.78, 5) is 26.3. The molecule has 9 nitrogen and oxygen atoms in total. The van der Waals surface area contributed by atoms with E-state index in [9.17, 15) is 20.0 Å². The maximum absolute atomic E-state index is 12.1. The van der Waals surface area contributed by atoms with E-state index in [0.717, 1.165) is 10.8 Å². The van der Waals surface area contributed by atoms with Crippen LogP contribution in [0.5, 0.6) is 5.75 Å². The summed E-state index contributed by atoms with van der Waals surface area (Å²) in [6.07, 6.45) is 1.24. The van der Waals surface area contributed by atoms with Crippen molar-refractivity contribution in [1.29, 1.82) is 0 Å². The summed E-state index contributed by atoms with van der Waals surface area (Å²) in [7, 11) is 0. The number of hydrogen-bond donors (Lipinski definition) is 3. The summed E-state index contributed by atoms with van der Waals surface area (Å²) in [6, 6.07) is 8.70. The van der Waals surface area contributed by atoms with Crippen LogP contribution in [0, 0.1) is 10.1 Å². The number of anilines is 1. The molecule has 0 fully saturated rings. The molecule has 4 N–H and O–H groups in total. The molecule has 0 aliphatic heterocycles. The van der Waals surface area contributed by atoms with Crippen LogP contribution < -0.4 is 11.2 Å². The summed E-state index contributed by atoms with van der Waals surface area (Å²) < 4.78 is 0.781. The second-order valence-corrected chi connectivity index (χ2v) is 6.00. The zero-order valence-corrected chi connectivity index (χ0v) is 13.4. The van der Waals surface area contributed by atoms with Crippen molar-refractivity contribution < 1.29 is 14.8 Å². The van der Waals surface area contributed by atoms with Crippen LogP contribution in [0.3, 0.4) is 0 Å². The maximum atomic E-state index is 12.1. The van der Waals surface area contributed by atoms with Crippen LogP contribution in [0.25, 0.3) is 10.2 Å². The Morgan fingerprint density at radius 1 is 1.36 bits per heavy atom. The van der Waals surface area contributed by atoms with Gasteiger partial charge in [0.05, 0.1) is 21.4 Å². The van der Waals surface area contributed by atoms with Crippen LogP contribution in [-0.2, 0) is 0 Å². The predicted octanol–water partition coefficient (Wildman–Crippen LogP) is 2.26. The van der Waals surface area contributed by atoms with Gasteiger partial charge in [0.2, 0.25) is 0 Å². The second-order valence-electron chi connectivity index (χ2n) is 4.94. The average molecular weight is 357 g/mol. The zero-order valence-electron chi connectivity index (χ0n) is 12.5. The van der Waals surface area contributed by atoms with Crippen molar-refractivity contribution in [3.05, 3.63) is 57.6 Å². The monoisotopic (exact) mass is 357 g/mol. The molecule has 0 saturated carbocycles. The van der Waals surface area contributed by atoms with Gasteiger partial charge in [-0.3, -0.25) is 14.9 Å². The lowest BCUT2D eigenvalue weighted by Crippen LogP contribution is -2.17. The fraction of sp³-hybridized carbons (Fsp3) is 0. The van der Waals surface area contributed by atoms with Gasteiger partial charge in [-0.15, -0.1) is 0 Å². The van der Waals surface area contributed by atoms with Crippen molar-refractivity contribution in [2.45, 2.75) is 0 Å². The number of amides is 1. The molecule has 1 aromatic heterocycles. The fourth-order valence-electron chi connectivity index (χ4n) is 2.08. The third-order valence-electron chi connectivity index (χ3n) is 3.24. The summed E-state index contributed by atoms with van der Waals surface area (Å²) in [5.74, 6) is -0.887. The van der Waals surface area contributed by atoms with E-state index in [1.807, 2.05) is 0 Å². The van der Waals surface area contributed by atoms with Crippen molar-refractivity contribution in [3.8, 4) is 5.75 Å². The third kappa shape index (κ3) is 3.53. The molecule has 2 aromatic carbocycles. The fourth-order valence-corrected chi connectivity index (χ4v) is 2.85. The molecule has 0 radical (unpaired) electrons. The van der Waals surface area contributed by atoms with Crippen molar-refractivity contribution in [1.82, 2.24) is 10.4 Å². The van der Waals surface area contributed by atoms with E-state index in [4.69, 9.17) is 5.73 Å². The maximum Gasteiger partial charge on any atom is 0.311 e. The quantitative estimate of drug-likeness (QED) is 0.371. The highest BCUT2D eigenvalue weighted by Gasteiger charge is 2.13. The number of aromatic nitrogens is 1. The minimum atomic E-state index is -0.707. The van der Waals surface area contributed by atoms with Gasteiger partial charge < -0.3 is 10.8 Å². The van der Waals surface area contributed by atoms with Gasteiger partial charge in [0, 0.05) is 17.2 Å². The molecule has 3 aromatic rings. The molecule has 25 heavy (non-hydrogen) atoms. The highest BCUT2D eigenvalue weighted by atomic mass is 32.1. The molecule has 0 saturated heterocycles. The molecule has 0 atom stereocenters. The topological polar surface area (TPSA) is 144 Å². The summed E-state index contributed by atoms with van der Waals surface area (Å²) in [5, 5.41) is 24.3. The first-order valence-electron chi connectivity index (χ1n) is 6.91. The van der Waals surface area contributed by atoms with E-state index in [2.05, 4.69) is 15.5 Å². The molecular formula is C15H11N5O4S. The number of nitrogens with zero attached hydrogens (tertiary/aromatic N) is 3. The Bertz CT molecular complexity index is 1010. The number of nitrogens with two attached hydrogens (primary N) is 1. The predicted molar refractivity (Wildman–Crippen MR) is 93.9 cm³/mol. The molecule has 126 valence electrons. The number of thiazole rings is 1. The van der Waals surface area contributed by atoms with Gasteiger partial charge in [0.1, 0.15) is 0 Å². The molecule has 10 heteroatoms. The number of benzene rings is 2. The number of hydrazone groups is 1. The number of nitro benzene ring substituents is 1. The largest absolute Gasteiger partial charge is 0.502 e. The van der Waals surface area contributed by atoms with Gasteiger partial charge in [-0.2, -0.15) is 5.10 Å². The number of fused-ring (bicyclic) bond motifs is 1. The van der Waals surface area contributed by atoms with E-state index < -0.39 is 22.3 Å². The number of rotatable bonds is 4. The smallest absolute Gasteiger partial charge is 0.311 e. The number of hydrogen-bond acceptors (Lipinski definition) is 8. The highest BCUT2D eigenvalue weighted by Crippen LogP contribution is 2.26. The summed E-state index contributed by atoms with van der Waals surface area (Å²) in [6.45, 7) is 0. The first-order chi connectivity index (χ1) is 11.9. The molecule has 0 spiro atoms. The van der Waals surface area contributed by atoms with Crippen LogP contribution in [0.1, 0.15) is 15.9 Å². The summed E-state index contributed by atoms with van der Waals surface area (Å²) in [5.41, 5.74) is 8.96. The third-order valence-corrected chi connectivity index (χ3v) is 4.09. The molecule has 0 aliphatic rings. The van der Waals surface area contributed by atoms with Crippen molar-refractivity contribution in [2.75, 3.05) is 5.73 Å². The Morgan fingerprint density at radius 2 is 2.16 bits per heavy atom. The first-order valence-corrected chi connectivity index (χ1v) is 7.72. The van der Waals surface area contributed by atoms with Gasteiger partial charge in [0.25, 0.3) is 5.91 Å². The van der Waals surface area contributed by atoms with Gasteiger partial charge in [-0.25, -0.2) is 10.4 Å². The lowest BCUT2D eigenvalue weighted by Gasteiger charge is -2.00. The number of aromatic hydroxyl groups is 1. The number of nitrogens with one attached hydrogen (secondary N) is 1. The number of carbonyl (C=O) groups excluding carboxylic acids is 1. The van der Waals surface area contributed by atoms with Crippen molar-refractivity contribution >= 4 is 44.5 Å². The molecular weight excluding hydrogens is 346 g/mol. The Morgan fingerprint density at radius 3 is 2.92 bits per heavy atom. The molecule has 0 aliphatic carbocycles. The average Bonchev–Trinajstić information content (AvgIpc) is 2.95.